The predicted molar refractivity (Wildman–Crippen MR) is 114 cm³/mol. The molecule has 2 rings (SSSR count). The third-order valence-corrected chi connectivity index (χ3v) is 4.15. The van der Waals surface area contributed by atoms with E-state index in [4.69, 9.17) is 25.8 Å². The number of hydrogen-bond donors (Lipinski definition) is 1. The molecule has 0 unspecified atom stereocenters. The van der Waals surface area contributed by atoms with Crippen molar-refractivity contribution >= 4 is 41.0 Å². The molecule has 8 heteroatoms. The molecule has 2 aromatic rings. The number of hydrogen-bond acceptors (Lipinski definition) is 6. The first-order chi connectivity index (χ1) is 14.3. The third kappa shape index (κ3) is 6.63. The van der Waals surface area contributed by atoms with E-state index in [1.807, 2.05) is 6.92 Å². The highest BCUT2D eigenvalue weighted by Crippen LogP contribution is 2.36. The topological polar surface area (TPSA) is 90.9 Å². The van der Waals surface area contributed by atoms with Crippen molar-refractivity contribution in [2.45, 2.75) is 13.8 Å². The second-order valence-electron chi connectivity index (χ2n) is 6.09. The lowest BCUT2D eigenvalue weighted by Gasteiger charge is -2.11. The average molecular weight is 432 g/mol. The smallest absolute Gasteiger partial charge is 0.331 e. The lowest BCUT2D eigenvalue weighted by molar-refractivity contribution is -0.142. The van der Waals surface area contributed by atoms with Crippen molar-refractivity contribution in [3.8, 4) is 11.5 Å². The maximum atomic E-state index is 11.9. The summed E-state index contributed by atoms with van der Waals surface area (Å²) in [6.45, 7) is 3.26. The monoisotopic (exact) mass is 431 g/mol. The highest BCUT2D eigenvalue weighted by molar-refractivity contribution is 6.32. The summed E-state index contributed by atoms with van der Waals surface area (Å²) in [4.78, 5) is 35.1. The van der Waals surface area contributed by atoms with Crippen LogP contribution < -0.4 is 14.8 Å². The number of nitrogens with one attached hydrogen (secondary N) is 1. The lowest BCUT2D eigenvalue weighted by Crippen LogP contribution is -2.20. The van der Waals surface area contributed by atoms with Gasteiger partial charge in [-0.3, -0.25) is 9.59 Å². The number of carbonyl (C=O) groups excluding carboxylic acids is 3. The molecule has 0 fully saturated rings. The van der Waals surface area contributed by atoms with Crippen LogP contribution in [0.4, 0.5) is 5.69 Å². The predicted octanol–water partition coefficient (Wildman–Crippen LogP) is 4.15. The van der Waals surface area contributed by atoms with Crippen molar-refractivity contribution < 1.29 is 28.6 Å². The molecule has 1 amide bonds. The Morgan fingerprint density at radius 2 is 1.83 bits per heavy atom. The highest BCUT2D eigenvalue weighted by Gasteiger charge is 2.11. The fourth-order valence-electron chi connectivity index (χ4n) is 2.48. The van der Waals surface area contributed by atoms with E-state index < -0.39 is 18.5 Å². The second-order valence-corrected chi connectivity index (χ2v) is 6.50. The number of amides is 1. The third-order valence-electron chi connectivity index (χ3n) is 3.87. The molecule has 0 aliphatic rings. The Bertz CT molecular complexity index is 953. The number of esters is 1. The van der Waals surface area contributed by atoms with Gasteiger partial charge in [0.1, 0.15) is 0 Å². The minimum absolute atomic E-state index is 0.0693. The fourth-order valence-corrected chi connectivity index (χ4v) is 2.78. The quantitative estimate of drug-likeness (QED) is 0.364. The zero-order valence-corrected chi connectivity index (χ0v) is 17.6. The van der Waals surface area contributed by atoms with Crippen LogP contribution in [0.15, 0.2) is 42.5 Å². The second kappa shape index (κ2) is 11.0. The van der Waals surface area contributed by atoms with E-state index in [-0.39, 0.29) is 5.78 Å². The maximum absolute atomic E-state index is 11.9. The van der Waals surface area contributed by atoms with Crippen molar-refractivity contribution in [3.63, 3.8) is 0 Å². The molecule has 0 aliphatic carbocycles. The Morgan fingerprint density at radius 1 is 1.13 bits per heavy atom. The molecule has 30 heavy (non-hydrogen) atoms. The van der Waals surface area contributed by atoms with Crippen LogP contribution in [0, 0.1) is 0 Å². The van der Waals surface area contributed by atoms with Crippen molar-refractivity contribution in [2.24, 2.45) is 0 Å². The Balaban J connectivity index is 1.91. The van der Waals surface area contributed by atoms with Crippen LogP contribution in [0.25, 0.3) is 6.08 Å². The number of halogens is 1. The van der Waals surface area contributed by atoms with E-state index in [9.17, 15) is 14.4 Å². The van der Waals surface area contributed by atoms with Crippen LogP contribution in [0.5, 0.6) is 11.5 Å². The Morgan fingerprint density at radius 3 is 2.43 bits per heavy atom. The summed E-state index contributed by atoms with van der Waals surface area (Å²) in [5.41, 5.74) is 1.64. The molecule has 0 aromatic heterocycles. The van der Waals surface area contributed by atoms with Gasteiger partial charge in [-0.2, -0.15) is 0 Å². The molecule has 0 saturated heterocycles. The number of rotatable bonds is 9. The van der Waals surface area contributed by atoms with Gasteiger partial charge in [-0.25, -0.2) is 4.79 Å². The van der Waals surface area contributed by atoms with Gasteiger partial charge in [0.25, 0.3) is 5.91 Å². The molecule has 2 aromatic carbocycles. The zero-order valence-electron chi connectivity index (χ0n) is 16.9. The van der Waals surface area contributed by atoms with Crippen LogP contribution in [-0.2, 0) is 14.3 Å². The first kappa shape index (κ1) is 23.0. The first-order valence-corrected chi connectivity index (χ1v) is 9.47. The fraction of sp³-hybridized carbons (Fsp3) is 0.227. The molecule has 0 radical (unpaired) electrons. The number of methoxy groups -OCH3 is 1. The number of anilines is 1. The van der Waals surface area contributed by atoms with Crippen molar-refractivity contribution in [2.75, 3.05) is 25.6 Å². The number of ether oxygens (including phenoxy) is 3. The average Bonchev–Trinajstić information content (AvgIpc) is 2.71. The molecule has 0 aliphatic heterocycles. The minimum atomic E-state index is -0.693. The summed E-state index contributed by atoms with van der Waals surface area (Å²) >= 11 is 6.17. The first-order valence-electron chi connectivity index (χ1n) is 9.10. The van der Waals surface area contributed by atoms with Crippen LogP contribution in [0.1, 0.15) is 29.8 Å². The van der Waals surface area contributed by atoms with Gasteiger partial charge < -0.3 is 19.5 Å². The summed E-state index contributed by atoms with van der Waals surface area (Å²) in [6, 6.07) is 9.69. The normalized spacial score (nSPS) is 10.5. The summed E-state index contributed by atoms with van der Waals surface area (Å²) in [5, 5.41) is 2.92. The van der Waals surface area contributed by atoms with Crippen molar-refractivity contribution in [1.82, 2.24) is 0 Å². The lowest BCUT2D eigenvalue weighted by atomic mass is 10.1. The van der Waals surface area contributed by atoms with Crippen molar-refractivity contribution in [3.05, 3.63) is 58.6 Å². The summed E-state index contributed by atoms with van der Waals surface area (Å²) in [6.07, 6.45) is 2.68. The summed E-state index contributed by atoms with van der Waals surface area (Å²) in [5.74, 6) is -0.400. The SMILES string of the molecule is CCOc1cc(C=CC(=O)OCC(=O)Nc2ccc(C(C)=O)cc2)cc(Cl)c1OC. The van der Waals surface area contributed by atoms with E-state index in [2.05, 4.69) is 5.32 Å². The maximum Gasteiger partial charge on any atom is 0.331 e. The standard InChI is InChI=1S/C22H22ClNO6/c1-4-29-19-12-15(11-18(23)22(19)28-3)5-10-21(27)30-13-20(26)24-17-8-6-16(7-9-17)14(2)25/h5-12H,4,13H2,1-3H3,(H,24,26). The molecular formula is C22H22ClNO6. The highest BCUT2D eigenvalue weighted by atomic mass is 35.5. The van der Waals surface area contributed by atoms with Crippen molar-refractivity contribution in [1.29, 1.82) is 0 Å². The van der Waals surface area contributed by atoms with Gasteiger partial charge in [0, 0.05) is 17.3 Å². The number of ketones is 1. The van der Waals surface area contributed by atoms with Crippen LogP contribution in [0.2, 0.25) is 5.02 Å². The van der Waals surface area contributed by atoms with Crippen LogP contribution in [-0.4, -0.2) is 38.0 Å². The van der Waals surface area contributed by atoms with E-state index >= 15 is 0 Å². The van der Waals surface area contributed by atoms with E-state index in [0.29, 0.717) is 39.9 Å². The molecule has 158 valence electrons. The Labute approximate surface area is 179 Å². The Hall–Kier alpha value is -3.32. The summed E-state index contributed by atoms with van der Waals surface area (Å²) < 4.78 is 15.6. The molecule has 0 bridgehead atoms. The van der Waals surface area contributed by atoms with Gasteiger partial charge in [0.15, 0.2) is 23.9 Å². The molecule has 0 saturated carbocycles. The van der Waals surface area contributed by atoms with Gasteiger partial charge in [-0.1, -0.05) is 11.6 Å². The van der Waals surface area contributed by atoms with Gasteiger partial charge >= 0.3 is 5.97 Å². The number of Topliss-reactive ketones (excluding diaryl/α,β-unsaturated/α-hetero) is 1. The number of carbonyl (C=O) groups is 3. The van der Waals surface area contributed by atoms with E-state index in [1.165, 1.54) is 26.2 Å². The molecule has 7 nitrogen and oxygen atoms in total. The van der Waals surface area contributed by atoms with Gasteiger partial charge in [-0.15, -0.1) is 0 Å². The number of benzene rings is 2. The molecular weight excluding hydrogens is 410 g/mol. The Kier molecular flexibility index (Phi) is 8.43. The molecule has 0 spiro atoms. The van der Waals surface area contributed by atoms with Gasteiger partial charge in [-0.05, 0) is 61.9 Å². The van der Waals surface area contributed by atoms with E-state index in [1.54, 1.807) is 36.4 Å². The van der Waals surface area contributed by atoms with E-state index in [0.717, 1.165) is 0 Å². The van der Waals surface area contributed by atoms with Gasteiger partial charge in [0.05, 0.1) is 18.7 Å². The summed E-state index contributed by atoms with van der Waals surface area (Å²) in [7, 11) is 1.49. The van der Waals surface area contributed by atoms with Crippen LogP contribution in [0.3, 0.4) is 0 Å². The van der Waals surface area contributed by atoms with Gasteiger partial charge in [0.2, 0.25) is 0 Å². The zero-order chi connectivity index (χ0) is 22.1. The van der Waals surface area contributed by atoms with Crippen LogP contribution >= 0.6 is 11.6 Å². The molecule has 1 N–H and O–H groups in total. The largest absolute Gasteiger partial charge is 0.491 e. The molecule has 0 atom stereocenters. The molecule has 0 heterocycles. The minimum Gasteiger partial charge on any atom is -0.491 e.